The van der Waals surface area contributed by atoms with E-state index >= 15 is 0 Å². The molecule has 0 amide bonds. The second-order valence-corrected chi connectivity index (χ2v) is 4.32. The van der Waals surface area contributed by atoms with Gasteiger partial charge in [0.2, 0.25) is 0 Å². The number of hydrazone groups is 1. The van der Waals surface area contributed by atoms with Crippen LogP contribution in [0.15, 0.2) is 17.2 Å². The van der Waals surface area contributed by atoms with Crippen molar-refractivity contribution in [1.29, 1.82) is 0 Å². The fourth-order valence-electron chi connectivity index (χ4n) is 1.42. The first-order chi connectivity index (χ1) is 9.83. The molecule has 0 aliphatic rings. The lowest BCUT2D eigenvalue weighted by atomic mass is 10.2. The molecule has 0 spiro atoms. The minimum atomic E-state index is -1.21. The number of ether oxygens (including phenoxy) is 1. The van der Waals surface area contributed by atoms with Crippen molar-refractivity contribution < 1.29 is 29.6 Å². The zero-order chi connectivity index (χ0) is 16.0. The molecule has 1 aromatic rings. The average molecular weight is 317 g/mol. The Labute approximate surface area is 124 Å². The molecule has 0 radical (unpaired) electrons. The van der Waals surface area contributed by atoms with E-state index in [2.05, 4.69) is 5.10 Å². The standard InChI is InChI=1S/C12H13ClN2O6/c1-21-9-3-7(2-8(13)12(9)20)4-14-15(5-10(16)17)6-11(18)19/h2-4,20H,5-6H2,1H3,(H,16,17)(H,18,19)/b14-4-. The van der Waals surface area contributed by atoms with Crippen molar-refractivity contribution in [2.45, 2.75) is 0 Å². The molecule has 1 aromatic carbocycles. The van der Waals surface area contributed by atoms with Gasteiger partial charge in [-0.2, -0.15) is 5.10 Å². The fraction of sp³-hybridized carbons (Fsp3) is 0.250. The zero-order valence-corrected chi connectivity index (χ0v) is 11.7. The molecule has 0 bridgehead atoms. The van der Waals surface area contributed by atoms with Crippen molar-refractivity contribution in [3.63, 3.8) is 0 Å². The Balaban J connectivity index is 2.97. The van der Waals surface area contributed by atoms with E-state index in [1.807, 2.05) is 0 Å². The lowest BCUT2D eigenvalue weighted by Gasteiger charge is -2.13. The van der Waals surface area contributed by atoms with E-state index in [0.29, 0.717) is 5.56 Å². The number of carboxylic acids is 2. The van der Waals surface area contributed by atoms with Crippen molar-refractivity contribution in [3.05, 3.63) is 22.7 Å². The number of hydrogen-bond donors (Lipinski definition) is 3. The number of rotatable bonds is 7. The highest BCUT2D eigenvalue weighted by Crippen LogP contribution is 2.34. The summed E-state index contributed by atoms with van der Waals surface area (Å²) in [5.74, 6) is -2.54. The average Bonchev–Trinajstić information content (AvgIpc) is 2.38. The second-order valence-electron chi connectivity index (χ2n) is 3.91. The fourth-order valence-corrected chi connectivity index (χ4v) is 1.64. The van der Waals surface area contributed by atoms with Crippen LogP contribution >= 0.6 is 11.6 Å². The third-order valence-corrected chi connectivity index (χ3v) is 2.56. The summed E-state index contributed by atoms with van der Waals surface area (Å²) in [5, 5.41) is 31.6. The summed E-state index contributed by atoms with van der Waals surface area (Å²) in [5.41, 5.74) is 0.412. The van der Waals surface area contributed by atoms with Crippen molar-refractivity contribution >= 4 is 29.8 Å². The molecule has 0 saturated carbocycles. The summed E-state index contributed by atoms with van der Waals surface area (Å²) in [6.07, 6.45) is 1.22. The number of phenols is 1. The van der Waals surface area contributed by atoms with Gasteiger partial charge in [-0.25, -0.2) is 0 Å². The van der Waals surface area contributed by atoms with Gasteiger partial charge in [-0.3, -0.25) is 14.6 Å². The molecule has 0 aliphatic heterocycles. The van der Waals surface area contributed by atoms with Gasteiger partial charge >= 0.3 is 11.9 Å². The van der Waals surface area contributed by atoms with Crippen LogP contribution in [0.1, 0.15) is 5.56 Å². The second kappa shape index (κ2) is 7.34. The van der Waals surface area contributed by atoms with Crippen LogP contribution in [0, 0.1) is 0 Å². The summed E-state index contributed by atoms with van der Waals surface area (Å²) in [7, 11) is 1.34. The number of aliphatic carboxylic acids is 2. The number of benzene rings is 1. The number of halogens is 1. The molecule has 8 nitrogen and oxygen atoms in total. The summed E-state index contributed by atoms with van der Waals surface area (Å²) < 4.78 is 4.90. The Morgan fingerprint density at radius 3 is 2.38 bits per heavy atom. The lowest BCUT2D eigenvalue weighted by molar-refractivity contribution is -0.141. The Hall–Kier alpha value is -2.48. The Bertz CT molecular complexity index is 559. The van der Waals surface area contributed by atoms with Gasteiger partial charge in [-0.05, 0) is 17.7 Å². The highest BCUT2D eigenvalue weighted by atomic mass is 35.5. The molecule has 0 aliphatic carbocycles. The van der Waals surface area contributed by atoms with Crippen LogP contribution in [0.2, 0.25) is 5.02 Å². The van der Waals surface area contributed by atoms with E-state index in [-0.39, 0.29) is 16.5 Å². The van der Waals surface area contributed by atoms with E-state index in [1.54, 1.807) is 0 Å². The Morgan fingerprint density at radius 2 is 1.90 bits per heavy atom. The van der Waals surface area contributed by atoms with Crippen molar-refractivity contribution in [2.75, 3.05) is 20.2 Å². The quantitative estimate of drug-likeness (QED) is 0.504. The van der Waals surface area contributed by atoms with Crippen LogP contribution in [0.4, 0.5) is 0 Å². The number of nitrogens with zero attached hydrogens (tertiary/aromatic N) is 2. The molecule has 21 heavy (non-hydrogen) atoms. The SMILES string of the molecule is COc1cc(/C=N\N(CC(=O)O)CC(=O)O)cc(Cl)c1O. The number of aromatic hydroxyl groups is 1. The Morgan fingerprint density at radius 1 is 1.33 bits per heavy atom. The van der Waals surface area contributed by atoms with Crippen LogP contribution in [0.25, 0.3) is 0 Å². The molecule has 9 heteroatoms. The number of hydrogen-bond acceptors (Lipinski definition) is 6. The first-order valence-electron chi connectivity index (χ1n) is 5.62. The largest absolute Gasteiger partial charge is 0.503 e. The van der Waals surface area contributed by atoms with E-state index in [4.69, 9.17) is 26.6 Å². The summed E-state index contributed by atoms with van der Waals surface area (Å²) in [6.45, 7) is -1.13. The zero-order valence-electron chi connectivity index (χ0n) is 11.0. The maximum atomic E-state index is 10.6. The monoisotopic (exact) mass is 316 g/mol. The minimum Gasteiger partial charge on any atom is -0.503 e. The molecule has 0 fully saturated rings. The molecule has 3 N–H and O–H groups in total. The number of carbonyl (C=O) groups is 2. The van der Waals surface area contributed by atoms with Crippen LogP contribution in [0.3, 0.4) is 0 Å². The molecule has 0 aromatic heterocycles. The molecule has 0 atom stereocenters. The number of carboxylic acid groups (broad SMARTS) is 2. The van der Waals surface area contributed by atoms with E-state index in [1.165, 1.54) is 25.5 Å². The first kappa shape index (κ1) is 16.6. The summed E-state index contributed by atoms with van der Waals surface area (Å²) in [4.78, 5) is 21.2. The lowest BCUT2D eigenvalue weighted by Crippen LogP contribution is -2.30. The van der Waals surface area contributed by atoms with Gasteiger partial charge < -0.3 is 20.1 Å². The Kier molecular flexibility index (Phi) is 5.79. The van der Waals surface area contributed by atoms with Gasteiger partial charge in [-0.15, -0.1) is 0 Å². The topological polar surface area (TPSA) is 120 Å². The van der Waals surface area contributed by atoms with Crippen LogP contribution in [0.5, 0.6) is 11.5 Å². The normalized spacial score (nSPS) is 10.6. The van der Waals surface area contributed by atoms with Crippen LogP contribution in [-0.2, 0) is 9.59 Å². The predicted octanol–water partition coefficient (Wildman–Crippen LogP) is 0.859. The summed E-state index contributed by atoms with van der Waals surface area (Å²) >= 11 is 5.79. The molecular formula is C12H13ClN2O6. The minimum absolute atomic E-state index is 0.0267. The maximum absolute atomic E-state index is 10.6. The van der Waals surface area contributed by atoms with Gasteiger partial charge in [-0.1, -0.05) is 11.6 Å². The molecular weight excluding hydrogens is 304 g/mol. The van der Waals surface area contributed by atoms with E-state index in [9.17, 15) is 14.7 Å². The van der Waals surface area contributed by atoms with Gasteiger partial charge in [0.1, 0.15) is 13.1 Å². The van der Waals surface area contributed by atoms with Crippen molar-refractivity contribution in [1.82, 2.24) is 5.01 Å². The molecule has 114 valence electrons. The highest BCUT2D eigenvalue weighted by molar-refractivity contribution is 6.32. The van der Waals surface area contributed by atoms with Gasteiger partial charge in [0.05, 0.1) is 18.3 Å². The number of phenolic OH excluding ortho intramolecular Hbond substituents is 1. The van der Waals surface area contributed by atoms with Crippen molar-refractivity contribution in [3.8, 4) is 11.5 Å². The van der Waals surface area contributed by atoms with Gasteiger partial charge in [0, 0.05) is 0 Å². The third-order valence-electron chi connectivity index (χ3n) is 2.28. The third kappa shape index (κ3) is 5.19. The molecule has 0 unspecified atom stereocenters. The summed E-state index contributed by atoms with van der Waals surface area (Å²) in [6, 6.07) is 2.80. The van der Waals surface area contributed by atoms with Crippen molar-refractivity contribution in [2.24, 2.45) is 5.10 Å². The predicted molar refractivity (Wildman–Crippen MR) is 74.1 cm³/mol. The van der Waals surface area contributed by atoms with Crippen LogP contribution < -0.4 is 4.74 Å². The smallest absolute Gasteiger partial charge is 0.324 e. The number of methoxy groups -OCH3 is 1. The maximum Gasteiger partial charge on any atom is 0.324 e. The van der Waals surface area contributed by atoms with Gasteiger partial charge in [0.25, 0.3) is 0 Å². The molecule has 0 heterocycles. The van der Waals surface area contributed by atoms with E-state index < -0.39 is 25.0 Å². The highest BCUT2D eigenvalue weighted by Gasteiger charge is 2.11. The van der Waals surface area contributed by atoms with Crippen LogP contribution in [-0.4, -0.2) is 58.7 Å². The molecule has 1 rings (SSSR count). The van der Waals surface area contributed by atoms with E-state index in [0.717, 1.165) is 5.01 Å². The first-order valence-corrected chi connectivity index (χ1v) is 6.00. The van der Waals surface area contributed by atoms with Gasteiger partial charge in [0.15, 0.2) is 11.5 Å². The molecule has 0 saturated heterocycles.